The number of hydrogen-bond acceptors (Lipinski definition) is 4. The van der Waals surface area contributed by atoms with Crippen LogP contribution in [0, 0.1) is 0 Å². The lowest BCUT2D eigenvalue weighted by molar-refractivity contribution is 0.302. The second kappa shape index (κ2) is 7.50. The molecule has 0 radical (unpaired) electrons. The monoisotopic (exact) mass is 271 g/mol. The van der Waals surface area contributed by atoms with Crippen molar-refractivity contribution in [2.45, 2.75) is 6.54 Å². The first-order chi connectivity index (χ1) is 9.75. The molecule has 4 heteroatoms. The first-order valence-electron chi connectivity index (χ1n) is 6.76. The molecule has 4 nitrogen and oxygen atoms in total. The molecule has 0 aliphatic carbocycles. The number of hydrogen-bond donors (Lipinski definition) is 1. The number of nitrogens with zero attached hydrogens (tertiary/aromatic N) is 2. The van der Waals surface area contributed by atoms with Crippen molar-refractivity contribution < 1.29 is 4.74 Å². The van der Waals surface area contributed by atoms with Crippen molar-refractivity contribution in [1.29, 1.82) is 0 Å². The second-order valence-electron chi connectivity index (χ2n) is 4.75. The van der Waals surface area contributed by atoms with Gasteiger partial charge in [0.2, 0.25) is 5.88 Å². The minimum Gasteiger partial charge on any atom is -0.476 e. The molecule has 0 atom stereocenters. The molecule has 0 aliphatic rings. The molecule has 1 N–H and O–H groups in total. The summed E-state index contributed by atoms with van der Waals surface area (Å²) in [5.74, 6) is 0.671. The van der Waals surface area contributed by atoms with E-state index < -0.39 is 0 Å². The highest BCUT2D eigenvalue weighted by Crippen LogP contribution is 2.11. The lowest BCUT2D eigenvalue weighted by atomic mass is 10.2. The van der Waals surface area contributed by atoms with Crippen molar-refractivity contribution in [2.24, 2.45) is 0 Å². The fourth-order valence-electron chi connectivity index (χ4n) is 1.80. The summed E-state index contributed by atoms with van der Waals surface area (Å²) in [5, 5.41) is 3.35. The van der Waals surface area contributed by atoms with Gasteiger partial charge in [-0.1, -0.05) is 18.2 Å². The third-order valence-corrected chi connectivity index (χ3v) is 2.95. The maximum atomic E-state index is 5.51. The van der Waals surface area contributed by atoms with Gasteiger partial charge in [-0.15, -0.1) is 0 Å². The Labute approximate surface area is 120 Å². The van der Waals surface area contributed by atoms with Gasteiger partial charge >= 0.3 is 0 Å². The van der Waals surface area contributed by atoms with Gasteiger partial charge in [0.25, 0.3) is 0 Å². The molecule has 0 saturated heterocycles. The van der Waals surface area contributed by atoms with Crippen LogP contribution in [0.5, 0.6) is 5.88 Å². The molecule has 2 aromatic rings. The molecule has 0 aliphatic heterocycles. The number of rotatable bonds is 7. The van der Waals surface area contributed by atoms with E-state index in [2.05, 4.69) is 39.5 Å². The maximum absolute atomic E-state index is 5.51. The molecule has 0 spiro atoms. The van der Waals surface area contributed by atoms with Crippen LogP contribution in [0.2, 0.25) is 0 Å². The lowest BCUT2D eigenvalue weighted by Gasteiger charge is -2.13. The van der Waals surface area contributed by atoms with Crippen molar-refractivity contribution in [3.63, 3.8) is 0 Å². The van der Waals surface area contributed by atoms with Crippen LogP contribution in [0.25, 0.3) is 0 Å². The van der Waals surface area contributed by atoms with E-state index in [1.54, 1.807) is 6.20 Å². The Kier molecular flexibility index (Phi) is 5.38. The van der Waals surface area contributed by atoms with E-state index in [0.717, 1.165) is 13.1 Å². The summed E-state index contributed by atoms with van der Waals surface area (Å²) in [6.07, 6.45) is 1.73. The number of ether oxygens (including phenoxy) is 1. The quantitative estimate of drug-likeness (QED) is 0.784. The fourth-order valence-corrected chi connectivity index (χ4v) is 1.80. The Morgan fingerprint density at radius 3 is 2.55 bits per heavy atom. The van der Waals surface area contributed by atoms with Gasteiger partial charge < -0.3 is 15.0 Å². The molecular weight excluding hydrogens is 250 g/mol. The summed E-state index contributed by atoms with van der Waals surface area (Å²) in [5.41, 5.74) is 2.49. The second-order valence-corrected chi connectivity index (χ2v) is 4.75. The Morgan fingerprint density at radius 1 is 1.10 bits per heavy atom. The molecular formula is C16H21N3O. The highest BCUT2D eigenvalue weighted by atomic mass is 16.5. The van der Waals surface area contributed by atoms with Crippen molar-refractivity contribution >= 4 is 5.69 Å². The predicted molar refractivity (Wildman–Crippen MR) is 82.2 cm³/mol. The van der Waals surface area contributed by atoms with Crippen LogP contribution in [-0.4, -0.2) is 32.2 Å². The summed E-state index contributed by atoms with van der Waals surface area (Å²) in [4.78, 5) is 6.20. The van der Waals surface area contributed by atoms with Gasteiger partial charge in [0.1, 0.15) is 6.61 Å². The van der Waals surface area contributed by atoms with E-state index in [0.29, 0.717) is 12.5 Å². The van der Waals surface area contributed by atoms with Gasteiger partial charge in [0, 0.05) is 45.1 Å². The first-order valence-corrected chi connectivity index (χ1v) is 6.76. The number of pyridine rings is 1. The fraction of sp³-hybridized carbons (Fsp3) is 0.312. The Bertz CT molecular complexity index is 497. The standard InChI is InChI=1S/C16H21N3O/c1-19(2)15-8-6-14(7-9-15)13-17-11-12-20-16-5-3-4-10-18-16/h3-10,17H,11-13H2,1-2H3. The number of benzene rings is 1. The third kappa shape index (κ3) is 4.55. The average molecular weight is 271 g/mol. The molecule has 1 aromatic carbocycles. The molecule has 0 fully saturated rings. The largest absolute Gasteiger partial charge is 0.476 e. The Morgan fingerprint density at radius 2 is 1.90 bits per heavy atom. The highest BCUT2D eigenvalue weighted by molar-refractivity contribution is 5.45. The topological polar surface area (TPSA) is 37.4 Å². The molecule has 20 heavy (non-hydrogen) atoms. The molecule has 106 valence electrons. The van der Waals surface area contributed by atoms with E-state index in [1.807, 2.05) is 32.3 Å². The van der Waals surface area contributed by atoms with Crippen molar-refractivity contribution in [3.8, 4) is 5.88 Å². The maximum Gasteiger partial charge on any atom is 0.213 e. The zero-order chi connectivity index (χ0) is 14.2. The van der Waals surface area contributed by atoms with Gasteiger partial charge in [0.15, 0.2) is 0 Å². The smallest absolute Gasteiger partial charge is 0.213 e. The molecule has 1 aromatic heterocycles. The summed E-state index contributed by atoms with van der Waals surface area (Å²) >= 11 is 0. The number of anilines is 1. The molecule has 1 heterocycles. The van der Waals surface area contributed by atoms with Crippen molar-refractivity contribution in [3.05, 3.63) is 54.2 Å². The van der Waals surface area contributed by atoms with Gasteiger partial charge in [-0.25, -0.2) is 4.98 Å². The summed E-state index contributed by atoms with van der Waals surface area (Å²) in [7, 11) is 4.09. The molecule has 0 amide bonds. The average Bonchev–Trinajstić information content (AvgIpc) is 2.48. The van der Waals surface area contributed by atoms with Crippen LogP contribution in [0.1, 0.15) is 5.56 Å². The third-order valence-electron chi connectivity index (χ3n) is 2.95. The van der Waals surface area contributed by atoms with Gasteiger partial charge in [0.05, 0.1) is 0 Å². The summed E-state index contributed by atoms with van der Waals surface area (Å²) < 4.78 is 5.51. The molecule has 0 unspecified atom stereocenters. The minimum absolute atomic E-state index is 0.618. The normalized spacial score (nSPS) is 10.3. The number of nitrogens with one attached hydrogen (secondary N) is 1. The first kappa shape index (κ1) is 14.3. The predicted octanol–water partition coefficient (Wildman–Crippen LogP) is 2.32. The Hall–Kier alpha value is -2.07. The zero-order valence-electron chi connectivity index (χ0n) is 12.0. The van der Waals surface area contributed by atoms with Crippen LogP contribution in [-0.2, 0) is 6.54 Å². The van der Waals surface area contributed by atoms with Crippen molar-refractivity contribution in [2.75, 3.05) is 32.1 Å². The lowest BCUT2D eigenvalue weighted by Crippen LogP contribution is -2.20. The van der Waals surface area contributed by atoms with Gasteiger partial charge in [-0.2, -0.15) is 0 Å². The molecule has 0 bridgehead atoms. The van der Waals surface area contributed by atoms with Crippen LogP contribution < -0.4 is 15.0 Å². The van der Waals surface area contributed by atoms with E-state index in [-0.39, 0.29) is 0 Å². The summed E-state index contributed by atoms with van der Waals surface area (Å²) in [6, 6.07) is 14.2. The molecule has 2 rings (SSSR count). The number of aromatic nitrogens is 1. The Balaban J connectivity index is 1.66. The van der Waals surface area contributed by atoms with Crippen LogP contribution in [0.3, 0.4) is 0 Å². The highest BCUT2D eigenvalue weighted by Gasteiger charge is 1.97. The summed E-state index contributed by atoms with van der Waals surface area (Å²) in [6.45, 7) is 2.26. The van der Waals surface area contributed by atoms with Gasteiger partial charge in [-0.05, 0) is 23.8 Å². The van der Waals surface area contributed by atoms with E-state index in [4.69, 9.17) is 4.74 Å². The van der Waals surface area contributed by atoms with Crippen LogP contribution in [0.15, 0.2) is 48.7 Å². The van der Waals surface area contributed by atoms with E-state index >= 15 is 0 Å². The van der Waals surface area contributed by atoms with Crippen LogP contribution in [0.4, 0.5) is 5.69 Å². The zero-order valence-corrected chi connectivity index (χ0v) is 12.0. The van der Waals surface area contributed by atoms with Crippen molar-refractivity contribution in [1.82, 2.24) is 10.3 Å². The molecule has 0 saturated carbocycles. The minimum atomic E-state index is 0.618. The van der Waals surface area contributed by atoms with Gasteiger partial charge in [-0.3, -0.25) is 0 Å². The van der Waals surface area contributed by atoms with E-state index in [9.17, 15) is 0 Å². The van der Waals surface area contributed by atoms with E-state index in [1.165, 1.54) is 11.3 Å². The SMILES string of the molecule is CN(C)c1ccc(CNCCOc2ccccn2)cc1. The van der Waals surface area contributed by atoms with Crippen LogP contribution >= 0.6 is 0 Å².